The van der Waals surface area contributed by atoms with Crippen molar-refractivity contribution in [3.63, 3.8) is 0 Å². The van der Waals surface area contributed by atoms with Gasteiger partial charge in [-0.2, -0.15) is 0 Å². The molecule has 116 valence electrons. The average Bonchev–Trinajstić information content (AvgIpc) is 2.44. The minimum absolute atomic E-state index is 0.0202. The molecule has 0 amide bonds. The Bertz CT molecular complexity index is 492. The first kappa shape index (κ1) is 16.9. The van der Waals surface area contributed by atoms with Crippen molar-refractivity contribution in [1.29, 1.82) is 0 Å². The van der Waals surface area contributed by atoms with Crippen molar-refractivity contribution in [2.24, 2.45) is 17.6 Å². The summed E-state index contributed by atoms with van der Waals surface area (Å²) in [4.78, 5) is 21.0. The van der Waals surface area contributed by atoms with Gasteiger partial charge < -0.3 is 15.6 Å². The topological polar surface area (TPSA) is 116 Å². The maximum Gasteiger partial charge on any atom is 0.310 e. The number of hydrogen-bond donors (Lipinski definition) is 2. The largest absolute Gasteiger partial charge is 0.487 e. The molecule has 7 heteroatoms. The second kappa shape index (κ2) is 8.21. The summed E-state index contributed by atoms with van der Waals surface area (Å²) in [6.07, 6.45) is 0.621. The Kier molecular flexibility index (Phi) is 6.61. The van der Waals surface area contributed by atoms with Gasteiger partial charge >= 0.3 is 11.7 Å². The highest BCUT2D eigenvalue weighted by Crippen LogP contribution is 2.27. The van der Waals surface area contributed by atoms with E-state index in [4.69, 9.17) is 15.6 Å². The molecule has 0 aromatic heterocycles. The summed E-state index contributed by atoms with van der Waals surface area (Å²) in [5, 5.41) is 19.6. The van der Waals surface area contributed by atoms with Gasteiger partial charge in [0, 0.05) is 12.5 Å². The van der Waals surface area contributed by atoms with Gasteiger partial charge in [0.15, 0.2) is 5.75 Å². The van der Waals surface area contributed by atoms with E-state index < -0.39 is 10.9 Å². The smallest absolute Gasteiger partial charge is 0.310 e. The number of carboxylic acids is 1. The SMILES string of the molecule is CC(COc1ccccc1[N+](=O)[O-])C[C@H](CN)CC(=O)O. The predicted octanol–water partition coefficient (Wildman–Crippen LogP) is 2.05. The molecule has 0 radical (unpaired) electrons. The van der Waals surface area contributed by atoms with E-state index in [1.807, 2.05) is 6.92 Å². The average molecular weight is 296 g/mol. The van der Waals surface area contributed by atoms with Crippen LogP contribution in [0.2, 0.25) is 0 Å². The Balaban J connectivity index is 2.55. The molecule has 3 N–H and O–H groups in total. The summed E-state index contributed by atoms with van der Waals surface area (Å²) in [5.41, 5.74) is 5.47. The van der Waals surface area contributed by atoms with E-state index in [2.05, 4.69) is 0 Å². The van der Waals surface area contributed by atoms with Crippen LogP contribution in [0.3, 0.4) is 0 Å². The molecular formula is C14H20N2O5. The number of carboxylic acid groups (broad SMARTS) is 1. The van der Waals surface area contributed by atoms with E-state index in [1.54, 1.807) is 18.2 Å². The molecule has 0 saturated carbocycles. The molecule has 0 saturated heterocycles. The standard InChI is InChI=1S/C14H20N2O5/c1-10(6-11(8-15)7-14(17)18)9-21-13-5-3-2-4-12(13)16(19)20/h2-5,10-11H,6-9,15H2,1H3,(H,17,18)/t10?,11-/m0/s1. The normalized spacial score (nSPS) is 13.4. The van der Waals surface area contributed by atoms with Crippen molar-refractivity contribution in [3.05, 3.63) is 34.4 Å². The summed E-state index contributed by atoms with van der Waals surface area (Å²) in [6, 6.07) is 6.17. The molecule has 2 atom stereocenters. The van der Waals surface area contributed by atoms with Gasteiger partial charge in [-0.1, -0.05) is 19.1 Å². The molecule has 7 nitrogen and oxygen atoms in total. The lowest BCUT2D eigenvalue weighted by atomic mass is 9.93. The van der Waals surface area contributed by atoms with Crippen LogP contribution in [-0.4, -0.2) is 29.2 Å². The van der Waals surface area contributed by atoms with Crippen LogP contribution >= 0.6 is 0 Å². The van der Waals surface area contributed by atoms with Gasteiger partial charge in [-0.3, -0.25) is 14.9 Å². The Hall–Kier alpha value is -2.15. The highest BCUT2D eigenvalue weighted by molar-refractivity contribution is 5.67. The monoisotopic (exact) mass is 296 g/mol. The predicted molar refractivity (Wildman–Crippen MR) is 77.2 cm³/mol. The Morgan fingerprint density at radius 1 is 1.48 bits per heavy atom. The highest BCUT2D eigenvalue weighted by atomic mass is 16.6. The van der Waals surface area contributed by atoms with Crippen molar-refractivity contribution in [1.82, 2.24) is 0 Å². The van der Waals surface area contributed by atoms with Crippen molar-refractivity contribution < 1.29 is 19.6 Å². The zero-order chi connectivity index (χ0) is 15.8. The molecule has 1 aromatic rings. The van der Waals surface area contributed by atoms with Crippen LogP contribution in [-0.2, 0) is 4.79 Å². The second-order valence-electron chi connectivity index (χ2n) is 5.08. The second-order valence-corrected chi connectivity index (χ2v) is 5.08. The number of hydrogen-bond acceptors (Lipinski definition) is 5. The van der Waals surface area contributed by atoms with Crippen LogP contribution in [0.5, 0.6) is 5.75 Å². The van der Waals surface area contributed by atoms with E-state index in [-0.39, 0.29) is 36.3 Å². The summed E-state index contributed by atoms with van der Waals surface area (Å²) in [5.74, 6) is -0.723. The molecule has 1 unspecified atom stereocenters. The molecule has 0 fully saturated rings. The number of rotatable bonds is 9. The number of nitro benzene ring substituents is 1. The van der Waals surface area contributed by atoms with Gasteiger partial charge in [-0.25, -0.2) is 0 Å². The molecule has 0 aliphatic rings. The van der Waals surface area contributed by atoms with Gasteiger partial charge in [0.1, 0.15) is 0 Å². The molecule has 0 aliphatic carbocycles. The number of carbonyl (C=O) groups is 1. The lowest BCUT2D eigenvalue weighted by Crippen LogP contribution is -2.22. The first-order chi connectivity index (χ1) is 9.93. The van der Waals surface area contributed by atoms with Crippen LogP contribution in [0.15, 0.2) is 24.3 Å². The molecule has 1 aromatic carbocycles. The highest BCUT2D eigenvalue weighted by Gasteiger charge is 2.18. The summed E-state index contributed by atoms with van der Waals surface area (Å²) >= 11 is 0. The summed E-state index contributed by atoms with van der Waals surface area (Å²) < 4.78 is 5.48. The van der Waals surface area contributed by atoms with Gasteiger partial charge in [0.25, 0.3) is 0 Å². The molecule has 0 heterocycles. The number of para-hydroxylation sites is 2. The number of nitro groups is 1. The van der Waals surface area contributed by atoms with Crippen molar-refractivity contribution in [2.75, 3.05) is 13.2 Å². The molecule has 0 bridgehead atoms. The van der Waals surface area contributed by atoms with E-state index >= 15 is 0 Å². The first-order valence-electron chi connectivity index (χ1n) is 6.72. The minimum atomic E-state index is -0.878. The van der Waals surface area contributed by atoms with E-state index in [1.165, 1.54) is 6.07 Å². The van der Waals surface area contributed by atoms with Crippen molar-refractivity contribution in [2.45, 2.75) is 19.8 Å². The number of benzene rings is 1. The number of nitrogens with zero attached hydrogens (tertiary/aromatic N) is 1. The van der Waals surface area contributed by atoms with Gasteiger partial charge in [0.2, 0.25) is 0 Å². The van der Waals surface area contributed by atoms with Gasteiger partial charge in [-0.15, -0.1) is 0 Å². The van der Waals surface area contributed by atoms with E-state index in [0.717, 1.165) is 0 Å². The van der Waals surface area contributed by atoms with E-state index in [0.29, 0.717) is 13.0 Å². The Labute approximate surface area is 122 Å². The maximum absolute atomic E-state index is 10.9. The molecule has 0 spiro atoms. The Morgan fingerprint density at radius 2 is 2.14 bits per heavy atom. The maximum atomic E-state index is 10.9. The first-order valence-corrected chi connectivity index (χ1v) is 6.72. The third-order valence-electron chi connectivity index (χ3n) is 3.12. The van der Waals surface area contributed by atoms with Crippen molar-refractivity contribution in [3.8, 4) is 5.75 Å². The third-order valence-corrected chi connectivity index (χ3v) is 3.12. The zero-order valence-corrected chi connectivity index (χ0v) is 11.9. The molecule has 1 rings (SSSR count). The molecule has 0 aliphatic heterocycles. The zero-order valence-electron chi connectivity index (χ0n) is 11.9. The molecule has 21 heavy (non-hydrogen) atoms. The van der Waals surface area contributed by atoms with Crippen LogP contribution in [0.4, 0.5) is 5.69 Å². The fourth-order valence-electron chi connectivity index (χ4n) is 2.11. The van der Waals surface area contributed by atoms with Crippen LogP contribution < -0.4 is 10.5 Å². The number of ether oxygens (including phenoxy) is 1. The van der Waals surface area contributed by atoms with Crippen molar-refractivity contribution >= 4 is 11.7 Å². The fraction of sp³-hybridized carbons (Fsp3) is 0.500. The van der Waals surface area contributed by atoms with Crippen LogP contribution in [0.25, 0.3) is 0 Å². The third kappa shape index (κ3) is 5.78. The van der Waals surface area contributed by atoms with Crippen LogP contribution in [0, 0.1) is 22.0 Å². The van der Waals surface area contributed by atoms with E-state index in [9.17, 15) is 14.9 Å². The van der Waals surface area contributed by atoms with Gasteiger partial charge in [0.05, 0.1) is 11.5 Å². The number of aliphatic carboxylic acids is 1. The lowest BCUT2D eigenvalue weighted by Gasteiger charge is -2.18. The molecular weight excluding hydrogens is 276 g/mol. The quantitative estimate of drug-likeness (QED) is 0.532. The Morgan fingerprint density at radius 3 is 2.71 bits per heavy atom. The van der Waals surface area contributed by atoms with Gasteiger partial charge in [-0.05, 0) is 30.9 Å². The fourth-order valence-corrected chi connectivity index (χ4v) is 2.11. The lowest BCUT2D eigenvalue weighted by molar-refractivity contribution is -0.385. The summed E-state index contributed by atoms with van der Waals surface area (Å²) in [6.45, 7) is 2.47. The summed E-state index contributed by atoms with van der Waals surface area (Å²) in [7, 11) is 0. The van der Waals surface area contributed by atoms with Crippen LogP contribution in [0.1, 0.15) is 19.8 Å². The number of nitrogens with two attached hydrogens (primary N) is 1. The minimum Gasteiger partial charge on any atom is -0.487 e.